The Labute approximate surface area is 164 Å². The molecule has 7 heteroatoms. The van der Waals surface area contributed by atoms with Crippen molar-refractivity contribution < 1.29 is 18.0 Å². The molecule has 1 N–H and O–H groups in total. The molecule has 2 aromatic carbocycles. The molecule has 0 unspecified atom stereocenters. The first-order valence-electron chi connectivity index (χ1n) is 8.69. The van der Waals surface area contributed by atoms with E-state index in [-0.39, 0.29) is 17.5 Å². The highest BCUT2D eigenvalue weighted by molar-refractivity contribution is 7.98. The summed E-state index contributed by atoms with van der Waals surface area (Å²) in [7, 11) is 0. The molecule has 0 spiro atoms. The highest BCUT2D eigenvalue weighted by Gasteiger charge is 2.13. The highest BCUT2D eigenvalue weighted by atomic mass is 32.2. The van der Waals surface area contributed by atoms with Crippen LogP contribution in [0.4, 0.5) is 4.39 Å². The molecule has 2 aromatic heterocycles. The summed E-state index contributed by atoms with van der Waals surface area (Å²) in [6, 6.07) is 15.2. The lowest BCUT2D eigenvalue weighted by molar-refractivity contribution is 0.0922. The van der Waals surface area contributed by atoms with Gasteiger partial charge in [0.15, 0.2) is 11.3 Å². The molecule has 0 aliphatic rings. The lowest BCUT2D eigenvalue weighted by Gasteiger charge is -2.03. The molecule has 0 aliphatic carbocycles. The smallest absolute Gasteiger partial charge is 0.287 e. The molecule has 5 nitrogen and oxygen atoms in total. The monoisotopic (exact) mass is 396 g/mol. The first-order valence-corrected chi connectivity index (χ1v) is 9.67. The van der Waals surface area contributed by atoms with Gasteiger partial charge in [0.25, 0.3) is 11.1 Å². The van der Waals surface area contributed by atoms with E-state index in [9.17, 15) is 9.18 Å². The maximum Gasteiger partial charge on any atom is 0.287 e. The highest BCUT2D eigenvalue weighted by Crippen LogP contribution is 2.28. The van der Waals surface area contributed by atoms with Gasteiger partial charge in [-0.2, -0.15) is 0 Å². The van der Waals surface area contributed by atoms with Crippen LogP contribution < -0.4 is 5.32 Å². The van der Waals surface area contributed by atoms with E-state index in [4.69, 9.17) is 8.83 Å². The van der Waals surface area contributed by atoms with Crippen LogP contribution in [0.2, 0.25) is 0 Å². The lowest BCUT2D eigenvalue weighted by atomic mass is 10.2. The number of carbonyl (C=O) groups is 1. The van der Waals surface area contributed by atoms with Gasteiger partial charge in [0, 0.05) is 6.54 Å². The predicted molar refractivity (Wildman–Crippen MR) is 105 cm³/mol. The quantitative estimate of drug-likeness (QED) is 0.460. The van der Waals surface area contributed by atoms with E-state index in [1.807, 2.05) is 25.1 Å². The number of aromatic nitrogens is 1. The van der Waals surface area contributed by atoms with Crippen molar-refractivity contribution in [3.63, 3.8) is 0 Å². The van der Waals surface area contributed by atoms with Crippen molar-refractivity contribution in [1.29, 1.82) is 0 Å². The van der Waals surface area contributed by atoms with Gasteiger partial charge in [-0.1, -0.05) is 36.0 Å². The first-order chi connectivity index (χ1) is 13.6. The van der Waals surface area contributed by atoms with Gasteiger partial charge in [-0.05, 0) is 48.4 Å². The molecule has 0 saturated carbocycles. The molecule has 0 radical (unpaired) electrons. The second kappa shape index (κ2) is 7.90. The van der Waals surface area contributed by atoms with Crippen molar-refractivity contribution >= 4 is 28.8 Å². The summed E-state index contributed by atoms with van der Waals surface area (Å²) in [6.07, 6.45) is 0. The zero-order chi connectivity index (χ0) is 19.5. The summed E-state index contributed by atoms with van der Waals surface area (Å²) < 4.78 is 24.2. The Kier molecular flexibility index (Phi) is 5.16. The maximum absolute atomic E-state index is 12.9. The molecule has 0 saturated heterocycles. The number of nitrogens with zero attached hydrogens (tertiary/aromatic N) is 1. The molecule has 4 rings (SSSR count). The number of thioether (sulfide) groups is 1. The van der Waals surface area contributed by atoms with Crippen molar-refractivity contribution in [2.45, 2.75) is 24.4 Å². The summed E-state index contributed by atoms with van der Waals surface area (Å²) in [5, 5.41) is 3.31. The van der Waals surface area contributed by atoms with E-state index >= 15 is 0 Å². The largest absolute Gasteiger partial charge is 0.455 e. The van der Waals surface area contributed by atoms with Gasteiger partial charge in [0.1, 0.15) is 17.1 Å². The molecule has 0 atom stereocenters. The third-order valence-corrected chi connectivity index (χ3v) is 5.04. The van der Waals surface area contributed by atoms with Crippen LogP contribution in [-0.2, 0) is 12.3 Å². The Balaban J connectivity index is 1.34. The van der Waals surface area contributed by atoms with Gasteiger partial charge < -0.3 is 14.2 Å². The SMILES string of the molecule is Cc1cccc2oc(SCc3ccc(C(=O)NCc4ccc(F)cc4)o3)nc12. The molecule has 1 amide bonds. The first kappa shape index (κ1) is 18.3. The fourth-order valence-corrected chi connectivity index (χ4v) is 3.44. The van der Waals surface area contributed by atoms with Crippen LogP contribution in [0.15, 0.2) is 68.7 Å². The third-order valence-electron chi connectivity index (χ3n) is 4.19. The van der Waals surface area contributed by atoms with Crippen molar-refractivity contribution in [1.82, 2.24) is 10.3 Å². The van der Waals surface area contributed by atoms with Crippen LogP contribution in [0.1, 0.15) is 27.4 Å². The zero-order valence-corrected chi connectivity index (χ0v) is 15.9. The van der Waals surface area contributed by atoms with Gasteiger partial charge in [0.05, 0.1) is 5.75 Å². The maximum atomic E-state index is 12.9. The second-order valence-corrected chi connectivity index (χ2v) is 7.19. The number of aryl methyl sites for hydroxylation is 1. The summed E-state index contributed by atoms with van der Waals surface area (Å²) >= 11 is 1.41. The third kappa shape index (κ3) is 4.09. The molecular weight excluding hydrogens is 379 g/mol. The Morgan fingerprint density at radius 3 is 2.71 bits per heavy atom. The number of oxazole rings is 1. The molecule has 0 aliphatic heterocycles. The zero-order valence-electron chi connectivity index (χ0n) is 15.1. The normalized spacial score (nSPS) is 11.1. The minimum Gasteiger partial charge on any atom is -0.455 e. The second-order valence-electron chi connectivity index (χ2n) is 6.27. The molecule has 142 valence electrons. The van der Waals surface area contributed by atoms with Crippen molar-refractivity contribution in [3.8, 4) is 0 Å². The number of benzene rings is 2. The number of para-hydroxylation sites is 1. The molecule has 0 fully saturated rings. The van der Waals surface area contributed by atoms with E-state index < -0.39 is 0 Å². The van der Waals surface area contributed by atoms with Gasteiger partial charge >= 0.3 is 0 Å². The van der Waals surface area contributed by atoms with E-state index in [1.54, 1.807) is 24.3 Å². The van der Waals surface area contributed by atoms with Crippen LogP contribution in [0.25, 0.3) is 11.1 Å². The van der Waals surface area contributed by atoms with Gasteiger partial charge in [0.2, 0.25) is 0 Å². The average Bonchev–Trinajstić information content (AvgIpc) is 3.33. The molecular formula is C21H17FN2O3S. The lowest BCUT2D eigenvalue weighted by Crippen LogP contribution is -2.22. The Bertz CT molecular complexity index is 1120. The number of rotatable bonds is 6. The summed E-state index contributed by atoms with van der Waals surface area (Å²) in [5.74, 6) is 0.745. The number of amides is 1. The fraction of sp³-hybridized carbons (Fsp3) is 0.143. The van der Waals surface area contributed by atoms with Crippen molar-refractivity contribution in [3.05, 3.63) is 83.1 Å². The van der Waals surface area contributed by atoms with Gasteiger partial charge in [-0.3, -0.25) is 4.79 Å². The number of fused-ring (bicyclic) bond motifs is 1. The molecule has 4 aromatic rings. The minimum atomic E-state index is -0.321. The number of hydrogen-bond donors (Lipinski definition) is 1. The fourth-order valence-electron chi connectivity index (χ4n) is 2.71. The van der Waals surface area contributed by atoms with Crippen molar-refractivity contribution in [2.75, 3.05) is 0 Å². The topological polar surface area (TPSA) is 68.3 Å². The predicted octanol–water partition coefficient (Wildman–Crippen LogP) is 5.09. The Hall–Kier alpha value is -3.06. The summed E-state index contributed by atoms with van der Waals surface area (Å²) in [5.41, 5.74) is 3.47. The molecule has 0 bridgehead atoms. The molecule has 2 heterocycles. The van der Waals surface area contributed by atoms with Crippen LogP contribution in [0.5, 0.6) is 0 Å². The summed E-state index contributed by atoms with van der Waals surface area (Å²) in [4.78, 5) is 16.7. The average molecular weight is 396 g/mol. The number of halogens is 1. The van der Waals surface area contributed by atoms with Crippen LogP contribution in [0, 0.1) is 12.7 Å². The molecule has 28 heavy (non-hydrogen) atoms. The Morgan fingerprint density at radius 1 is 1.11 bits per heavy atom. The van der Waals surface area contributed by atoms with E-state index in [2.05, 4.69) is 10.3 Å². The van der Waals surface area contributed by atoms with Crippen molar-refractivity contribution in [2.24, 2.45) is 0 Å². The van der Waals surface area contributed by atoms with Gasteiger partial charge in [-0.25, -0.2) is 9.37 Å². The minimum absolute atomic E-state index is 0.228. The van der Waals surface area contributed by atoms with Crippen LogP contribution >= 0.6 is 11.8 Å². The Morgan fingerprint density at radius 2 is 1.93 bits per heavy atom. The van der Waals surface area contributed by atoms with E-state index in [0.717, 1.165) is 22.2 Å². The van der Waals surface area contributed by atoms with E-state index in [1.165, 1.54) is 23.9 Å². The number of carbonyl (C=O) groups excluding carboxylic acids is 1. The summed E-state index contributed by atoms with van der Waals surface area (Å²) in [6.45, 7) is 2.29. The van der Waals surface area contributed by atoms with Crippen LogP contribution in [-0.4, -0.2) is 10.9 Å². The van der Waals surface area contributed by atoms with Crippen LogP contribution in [0.3, 0.4) is 0 Å². The number of nitrogens with one attached hydrogen (secondary N) is 1. The number of furan rings is 1. The number of hydrogen-bond acceptors (Lipinski definition) is 5. The van der Waals surface area contributed by atoms with Gasteiger partial charge in [-0.15, -0.1) is 0 Å². The van der Waals surface area contributed by atoms with E-state index in [0.29, 0.717) is 23.3 Å². The standard InChI is InChI=1S/C21H17FN2O3S/c1-13-3-2-4-17-19(13)24-21(27-17)28-12-16-9-10-18(26-16)20(25)23-11-14-5-7-15(22)8-6-14/h2-10H,11-12H2,1H3,(H,23,25).